The summed E-state index contributed by atoms with van der Waals surface area (Å²) in [6.07, 6.45) is 0.828. The molecular formula is C16H17BrFN. The molecule has 1 unspecified atom stereocenters. The summed E-state index contributed by atoms with van der Waals surface area (Å²) in [5.41, 5.74) is 2.27. The van der Waals surface area contributed by atoms with E-state index in [-0.39, 0.29) is 5.82 Å². The second kappa shape index (κ2) is 6.83. The molecule has 3 heteroatoms. The molecule has 0 fully saturated rings. The van der Waals surface area contributed by atoms with Gasteiger partial charge in [-0.15, -0.1) is 0 Å². The maximum atomic E-state index is 13.1. The molecule has 0 saturated heterocycles. The Morgan fingerprint density at radius 1 is 1.11 bits per heavy atom. The van der Waals surface area contributed by atoms with Crippen molar-refractivity contribution in [1.29, 1.82) is 0 Å². The summed E-state index contributed by atoms with van der Waals surface area (Å²) in [6, 6.07) is 15.3. The van der Waals surface area contributed by atoms with Gasteiger partial charge in [-0.2, -0.15) is 0 Å². The zero-order valence-corrected chi connectivity index (χ0v) is 12.5. The smallest absolute Gasteiger partial charge is 0.123 e. The molecule has 0 bridgehead atoms. The summed E-state index contributed by atoms with van der Waals surface area (Å²) in [5, 5.41) is 3.45. The molecule has 0 aliphatic heterocycles. The van der Waals surface area contributed by atoms with Gasteiger partial charge in [0.25, 0.3) is 0 Å². The summed E-state index contributed by atoms with van der Waals surface area (Å²) in [7, 11) is 0. The van der Waals surface area contributed by atoms with Gasteiger partial charge in [-0.1, -0.05) is 40.2 Å². The van der Waals surface area contributed by atoms with Crippen molar-refractivity contribution in [2.75, 3.05) is 0 Å². The van der Waals surface area contributed by atoms with Crippen molar-refractivity contribution in [3.8, 4) is 0 Å². The van der Waals surface area contributed by atoms with Gasteiger partial charge in [-0.3, -0.25) is 0 Å². The first-order valence-corrected chi connectivity index (χ1v) is 7.15. The van der Waals surface area contributed by atoms with E-state index in [1.807, 2.05) is 18.2 Å². The van der Waals surface area contributed by atoms with E-state index in [0.29, 0.717) is 6.04 Å². The van der Waals surface area contributed by atoms with Gasteiger partial charge in [0.15, 0.2) is 0 Å². The Kier molecular flexibility index (Phi) is 5.11. The monoisotopic (exact) mass is 321 g/mol. The van der Waals surface area contributed by atoms with Gasteiger partial charge in [-0.05, 0) is 48.7 Å². The first-order chi connectivity index (χ1) is 9.13. The Bertz CT molecular complexity index is 525. The van der Waals surface area contributed by atoms with Crippen LogP contribution in [0, 0.1) is 5.82 Å². The van der Waals surface area contributed by atoms with E-state index in [4.69, 9.17) is 0 Å². The fraction of sp³-hybridized carbons (Fsp3) is 0.250. The van der Waals surface area contributed by atoms with E-state index in [9.17, 15) is 4.39 Å². The number of rotatable bonds is 5. The molecule has 100 valence electrons. The average molecular weight is 322 g/mol. The molecule has 0 aromatic heterocycles. The largest absolute Gasteiger partial charge is 0.310 e. The van der Waals surface area contributed by atoms with Gasteiger partial charge in [0.05, 0.1) is 0 Å². The predicted molar refractivity (Wildman–Crippen MR) is 80.5 cm³/mol. The van der Waals surface area contributed by atoms with Gasteiger partial charge in [0.2, 0.25) is 0 Å². The van der Waals surface area contributed by atoms with Crippen LogP contribution in [-0.4, -0.2) is 6.04 Å². The molecule has 2 rings (SSSR count). The average Bonchev–Trinajstić information content (AvgIpc) is 2.38. The normalized spacial score (nSPS) is 12.4. The minimum absolute atomic E-state index is 0.169. The molecule has 2 aromatic rings. The number of halogens is 2. The topological polar surface area (TPSA) is 12.0 Å². The van der Waals surface area contributed by atoms with Crippen LogP contribution in [0.5, 0.6) is 0 Å². The highest BCUT2D eigenvalue weighted by atomic mass is 79.9. The number of benzene rings is 2. The van der Waals surface area contributed by atoms with Crippen molar-refractivity contribution >= 4 is 15.9 Å². The van der Waals surface area contributed by atoms with E-state index in [1.54, 1.807) is 12.1 Å². The Morgan fingerprint density at radius 2 is 1.84 bits per heavy atom. The number of nitrogens with one attached hydrogen (secondary N) is 1. The second-order valence-electron chi connectivity index (χ2n) is 4.74. The highest BCUT2D eigenvalue weighted by molar-refractivity contribution is 9.10. The lowest BCUT2D eigenvalue weighted by Gasteiger charge is -2.14. The number of hydrogen-bond acceptors (Lipinski definition) is 1. The van der Waals surface area contributed by atoms with Crippen LogP contribution in [0.25, 0.3) is 0 Å². The van der Waals surface area contributed by atoms with Crippen LogP contribution >= 0.6 is 15.9 Å². The van der Waals surface area contributed by atoms with Crippen molar-refractivity contribution in [2.45, 2.75) is 25.9 Å². The van der Waals surface area contributed by atoms with Crippen LogP contribution in [0.2, 0.25) is 0 Å². The molecule has 0 aliphatic rings. The molecule has 19 heavy (non-hydrogen) atoms. The summed E-state index contributed by atoms with van der Waals surface area (Å²) in [6.45, 7) is 2.94. The third-order valence-corrected chi connectivity index (χ3v) is 3.53. The van der Waals surface area contributed by atoms with Gasteiger partial charge < -0.3 is 5.32 Å². The zero-order valence-electron chi connectivity index (χ0n) is 10.9. The standard InChI is InChI=1S/C16H17BrFN/c1-12(9-14-3-2-4-16(18)10-14)19-11-13-5-7-15(17)8-6-13/h2-8,10,12,19H,9,11H2,1H3. The minimum atomic E-state index is -0.169. The maximum Gasteiger partial charge on any atom is 0.123 e. The molecule has 1 N–H and O–H groups in total. The van der Waals surface area contributed by atoms with E-state index in [2.05, 4.69) is 40.3 Å². The van der Waals surface area contributed by atoms with Gasteiger partial charge in [0, 0.05) is 17.1 Å². The summed E-state index contributed by atoms with van der Waals surface area (Å²) >= 11 is 3.42. The lowest BCUT2D eigenvalue weighted by molar-refractivity contribution is 0.543. The van der Waals surface area contributed by atoms with Gasteiger partial charge >= 0.3 is 0 Å². The van der Waals surface area contributed by atoms with Crippen LogP contribution in [0.15, 0.2) is 53.0 Å². The molecule has 0 heterocycles. The lowest BCUT2D eigenvalue weighted by Crippen LogP contribution is -2.27. The van der Waals surface area contributed by atoms with Crippen molar-refractivity contribution in [2.24, 2.45) is 0 Å². The van der Waals surface area contributed by atoms with Crippen molar-refractivity contribution in [1.82, 2.24) is 5.32 Å². The van der Waals surface area contributed by atoms with E-state index in [0.717, 1.165) is 23.0 Å². The molecule has 0 spiro atoms. The molecule has 0 radical (unpaired) electrons. The lowest BCUT2D eigenvalue weighted by atomic mass is 10.1. The van der Waals surface area contributed by atoms with E-state index >= 15 is 0 Å². The summed E-state index contributed by atoms with van der Waals surface area (Å²) in [5.74, 6) is -0.169. The van der Waals surface area contributed by atoms with E-state index in [1.165, 1.54) is 11.6 Å². The maximum absolute atomic E-state index is 13.1. The van der Waals surface area contributed by atoms with E-state index < -0.39 is 0 Å². The van der Waals surface area contributed by atoms with Crippen molar-refractivity contribution < 1.29 is 4.39 Å². The molecule has 0 amide bonds. The second-order valence-corrected chi connectivity index (χ2v) is 5.66. The Morgan fingerprint density at radius 3 is 2.53 bits per heavy atom. The highest BCUT2D eigenvalue weighted by Gasteiger charge is 2.04. The third-order valence-electron chi connectivity index (χ3n) is 3.00. The number of hydrogen-bond donors (Lipinski definition) is 1. The van der Waals surface area contributed by atoms with Crippen LogP contribution < -0.4 is 5.32 Å². The molecule has 0 aliphatic carbocycles. The SMILES string of the molecule is CC(Cc1cccc(F)c1)NCc1ccc(Br)cc1. The molecule has 2 aromatic carbocycles. The predicted octanol–water partition coefficient (Wildman–Crippen LogP) is 4.31. The fourth-order valence-corrected chi connectivity index (χ4v) is 2.25. The highest BCUT2D eigenvalue weighted by Crippen LogP contribution is 2.11. The molecular weight excluding hydrogens is 305 g/mol. The van der Waals surface area contributed by atoms with Gasteiger partial charge in [-0.25, -0.2) is 4.39 Å². The quantitative estimate of drug-likeness (QED) is 0.865. The first-order valence-electron chi connectivity index (χ1n) is 6.36. The fourth-order valence-electron chi connectivity index (χ4n) is 1.98. The van der Waals surface area contributed by atoms with Crippen molar-refractivity contribution in [3.05, 3.63) is 69.9 Å². The summed E-state index contributed by atoms with van der Waals surface area (Å²) in [4.78, 5) is 0. The third kappa shape index (κ3) is 4.77. The Balaban J connectivity index is 1.84. The van der Waals surface area contributed by atoms with Crippen LogP contribution in [0.3, 0.4) is 0 Å². The molecule has 0 saturated carbocycles. The molecule has 1 atom stereocenters. The Labute approximate surface area is 122 Å². The summed E-state index contributed by atoms with van der Waals surface area (Å²) < 4.78 is 14.2. The van der Waals surface area contributed by atoms with Crippen molar-refractivity contribution in [3.63, 3.8) is 0 Å². The Hall–Kier alpha value is -1.19. The van der Waals surface area contributed by atoms with Gasteiger partial charge in [0.1, 0.15) is 5.82 Å². The van der Waals surface area contributed by atoms with Crippen LogP contribution in [0.1, 0.15) is 18.1 Å². The minimum Gasteiger partial charge on any atom is -0.310 e. The van der Waals surface area contributed by atoms with Crippen LogP contribution in [0.4, 0.5) is 4.39 Å². The van der Waals surface area contributed by atoms with Crippen LogP contribution in [-0.2, 0) is 13.0 Å². The first kappa shape index (κ1) is 14.2. The molecule has 1 nitrogen and oxygen atoms in total. The zero-order chi connectivity index (χ0) is 13.7.